The van der Waals surface area contributed by atoms with Gasteiger partial charge in [0.1, 0.15) is 11.5 Å². The molecule has 0 unspecified atom stereocenters. The van der Waals surface area contributed by atoms with Gasteiger partial charge in [0.15, 0.2) is 0 Å². The monoisotopic (exact) mass is 292 g/mol. The number of rotatable bonds is 0. The van der Waals surface area contributed by atoms with E-state index in [-0.39, 0.29) is 64.6 Å². The van der Waals surface area contributed by atoms with Gasteiger partial charge in [-0.25, -0.2) is 0 Å². The molecule has 3 aromatic rings. The molecular formula is C20H15BO. The summed E-state index contributed by atoms with van der Waals surface area (Å²) >= 11 is 0. The summed E-state index contributed by atoms with van der Waals surface area (Å²) in [6.45, 7) is 0.579. The third-order valence-electron chi connectivity index (χ3n) is 4.11. The van der Waals surface area contributed by atoms with Crippen molar-refractivity contribution < 1.29 is 18.4 Å². The van der Waals surface area contributed by atoms with Crippen molar-refractivity contribution in [1.29, 1.82) is 0 Å². The molecule has 0 spiro atoms. The Labute approximate surface area is 144 Å². The van der Waals surface area contributed by atoms with Crippen molar-refractivity contribution >= 4 is 23.1 Å². The summed E-state index contributed by atoms with van der Waals surface area (Å²) in [7, 11) is 0. The first-order valence-electron chi connectivity index (χ1n) is 12.0. The zero-order valence-electron chi connectivity index (χ0n) is 21.7. The van der Waals surface area contributed by atoms with Gasteiger partial charge in [0, 0.05) is 0 Å². The van der Waals surface area contributed by atoms with Crippen LogP contribution in [0.4, 0.5) is 0 Å². The van der Waals surface area contributed by atoms with Crippen LogP contribution in [0.1, 0.15) is 30.4 Å². The molecule has 0 saturated heterocycles. The van der Waals surface area contributed by atoms with Gasteiger partial charge < -0.3 is 4.74 Å². The number of benzene rings is 3. The van der Waals surface area contributed by atoms with Crippen molar-refractivity contribution in [2.45, 2.75) is 13.3 Å². The summed E-state index contributed by atoms with van der Waals surface area (Å²) in [6.07, 6.45) is 0.0367. The molecule has 104 valence electrons. The van der Waals surface area contributed by atoms with Crippen LogP contribution in [-0.4, -0.2) is 6.71 Å². The van der Waals surface area contributed by atoms with E-state index in [1.54, 1.807) is 6.92 Å². The van der Waals surface area contributed by atoms with E-state index in [0.717, 1.165) is 0 Å². The molecule has 2 heterocycles. The second-order valence-corrected chi connectivity index (χ2v) is 5.44. The second-order valence-electron chi connectivity index (χ2n) is 5.44. The van der Waals surface area contributed by atoms with E-state index >= 15 is 0 Å². The Morgan fingerprint density at radius 1 is 0.909 bits per heavy atom. The number of fused-ring (bicyclic) bond motifs is 4. The fraction of sp³-hybridized carbons (Fsp3) is 0.100. The molecule has 3 aromatic carbocycles. The molecule has 0 atom stereocenters. The number of hydrogen-bond donors (Lipinski definition) is 0. The predicted octanol–water partition coefficient (Wildman–Crippen LogP) is 2.52. The minimum Gasteiger partial charge on any atom is -0.458 e. The Bertz CT molecular complexity index is 1260. The van der Waals surface area contributed by atoms with E-state index in [1.807, 2.05) is 0 Å². The molecule has 0 fully saturated rings. The Morgan fingerprint density at radius 3 is 2.59 bits per heavy atom. The van der Waals surface area contributed by atoms with Gasteiger partial charge in [-0.15, -0.1) is 0 Å². The Kier molecular flexibility index (Phi) is 1.16. The highest BCUT2D eigenvalue weighted by Gasteiger charge is 2.37. The van der Waals surface area contributed by atoms with Crippen LogP contribution in [0.5, 0.6) is 11.5 Å². The molecule has 0 aliphatic carbocycles. The normalized spacial score (nSPS) is 20.1. The lowest BCUT2D eigenvalue weighted by Gasteiger charge is -2.33. The maximum atomic E-state index is 8.60. The molecule has 0 saturated carbocycles. The van der Waals surface area contributed by atoms with Crippen LogP contribution in [0, 0.1) is 6.92 Å². The predicted molar refractivity (Wildman–Crippen MR) is 91.6 cm³/mol. The highest BCUT2D eigenvalue weighted by atomic mass is 16.5. The van der Waals surface area contributed by atoms with Gasteiger partial charge in [0.2, 0.25) is 0 Å². The van der Waals surface area contributed by atoms with Gasteiger partial charge >= 0.3 is 0 Å². The molecule has 22 heavy (non-hydrogen) atoms. The zero-order valence-corrected chi connectivity index (χ0v) is 11.7. The van der Waals surface area contributed by atoms with Crippen LogP contribution < -0.4 is 21.1 Å². The van der Waals surface area contributed by atoms with Gasteiger partial charge in [-0.1, -0.05) is 53.8 Å². The lowest BCUT2D eigenvalue weighted by atomic mass is 9.32. The molecule has 0 bridgehead atoms. The average molecular weight is 292 g/mol. The Hall–Kier alpha value is -2.48. The minimum atomic E-state index is -1.01. The number of hydrogen-bond acceptors (Lipinski definition) is 1. The van der Waals surface area contributed by atoms with E-state index in [0.29, 0.717) is 16.6 Å². The molecule has 2 aliphatic rings. The van der Waals surface area contributed by atoms with Crippen LogP contribution in [0.15, 0.2) is 60.4 Å². The number of para-hydroxylation sites is 1. The van der Waals surface area contributed by atoms with E-state index < -0.39 is 36.9 Å². The molecule has 0 amide bonds. The molecule has 2 heteroatoms. The molecule has 0 radical (unpaired) electrons. The maximum Gasteiger partial charge on any atom is 0.251 e. The molecule has 0 aromatic heterocycles. The van der Waals surface area contributed by atoms with Crippen molar-refractivity contribution in [2.24, 2.45) is 0 Å². The third-order valence-corrected chi connectivity index (χ3v) is 4.11. The largest absolute Gasteiger partial charge is 0.458 e. The SMILES string of the molecule is [2H]c1c([2H])c([2H])c2c(c1[2H])Cc1c([2H])c(C)c([2H])c3c1B2c1c([2H])c([2H])c([2H])c([2H])c1O3. The average Bonchev–Trinajstić information content (AvgIpc) is 2.79. The van der Waals surface area contributed by atoms with Crippen LogP contribution in [0.25, 0.3) is 0 Å². The second kappa shape index (κ2) is 4.26. The van der Waals surface area contributed by atoms with Crippen LogP contribution in [-0.2, 0) is 6.42 Å². The quantitative estimate of drug-likeness (QED) is 0.399. The van der Waals surface area contributed by atoms with Crippen LogP contribution in [0.2, 0.25) is 0 Å². The molecule has 0 N–H and O–H groups in total. The van der Waals surface area contributed by atoms with Gasteiger partial charge in [-0.2, -0.15) is 0 Å². The smallest absolute Gasteiger partial charge is 0.251 e. The van der Waals surface area contributed by atoms with E-state index in [1.165, 1.54) is 0 Å². The first kappa shape index (κ1) is 5.96. The van der Waals surface area contributed by atoms with E-state index in [4.69, 9.17) is 18.4 Å². The third kappa shape index (κ3) is 1.55. The van der Waals surface area contributed by atoms with Crippen molar-refractivity contribution in [2.75, 3.05) is 0 Å². The first-order valence-corrected chi connectivity index (χ1v) is 6.98. The summed E-state index contributed by atoms with van der Waals surface area (Å²) in [5.41, 5.74) is 1.66. The minimum absolute atomic E-state index is 0.0367. The van der Waals surface area contributed by atoms with Gasteiger partial charge in [0.05, 0.1) is 13.7 Å². The van der Waals surface area contributed by atoms with Gasteiger partial charge in [-0.3, -0.25) is 0 Å². The van der Waals surface area contributed by atoms with Crippen LogP contribution in [0.3, 0.4) is 0 Å². The summed E-state index contributed by atoms with van der Waals surface area (Å²) in [4.78, 5) is 0. The standard InChI is InChI=1S/C20H15BO/c1-13-10-15-12-14-6-2-3-7-16(14)21-17-8-4-5-9-18(17)22-19(11-13)20(15)21/h2-11H,12H2,1H3/i2D,3D,4D,5D,6D,7D,8D,9D,10D,11D. The Morgan fingerprint density at radius 2 is 1.68 bits per heavy atom. The zero-order chi connectivity index (χ0) is 23.4. The summed E-state index contributed by atoms with van der Waals surface area (Å²) in [6, 6.07) is -3.20. The lowest BCUT2D eigenvalue weighted by Crippen LogP contribution is -2.59. The van der Waals surface area contributed by atoms with Crippen molar-refractivity contribution in [3.8, 4) is 11.5 Å². The van der Waals surface area contributed by atoms with Crippen molar-refractivity contribution in [3.63, 3.8) is 0 Å². The lowest BCUT2D eigenvalue weighted by molar-refractivity contribution is 0.486. The topological polar surface area (TPSA) is 9.23 Å². The van der Waals surface area contributed by atoms with Gasteiger partial charge in [0.25, 0.3) is 6.71 Å². The highest BCUT2D eigenvalue weighted by molar-refractivity contribution is 6.97. The van der Waals surface area contributed by atoms with Gasteiger partial charge in [-0.05, 0) is 53.0 Å². The first-order chi connectivity index (χ1) is 15.0. The van der Waals surface area contributed by atoms with Crippen molar-refractivity contribution in [3.05, 3.63) is 77.1 Å². The Balaban J connectivity index is 2.03. The molecule has 5 rings (SSSR count). The summed E-state index contributed by atoms with van der Waals surface area (Å²) in [5.74, 6) is -0.0977. The highest BCUT2D eigenvalue weighted by Crippen LogP contribution is 2.30. The molecule has 1 nitrogen and oxygen atoms in total. The fourth-order valence-corrected chi connectivity index (χ4v) is 3.27. The van der Waals surface area contributed by atoms with E-state index in [9.17, 15) is 0 Å². The van der Waals surface area contributed by atoms with E-state index in [2.05, 4.69) is 0 Å². The summed E-state index contributed by atoms with van der Waals surface area (Å²) in [5, 5.41) is 0. The maximum absolute atomic E-state index is 8.60. The molecular weight excluding hydrogens is 267 g/mol. The number of ether oxygens (including phenoxy) is 1. The van der Waals surface area contributed by atoms with Crippen molar-refractivity contribution in [1.82, 2.24) is 0 Å². The van der Waals surface area contributed by atoms with Crippen LogP contribution >= 0.6 is 0 Å². The molecule has 2 aliphatic heterocycles. The fourth-order valence-electron chi connectivity index (χ4n) is 3.27. The summed E-state index contributed by atoms with van der Waals surface area (Å²) < 4.78 is 89.4.